The van der Waals surface area contributed by atoms with E-state index in [0.29, 0.717) is 43.9 Å². The van der Waals surface area contributed by atoms with Crippen LogP contribution in [0.4, 0.5) is 5.69 Å². The molecule has 0 spiro atoms. The van der Waals surface area contributed by atoms with Gasteiger partial charge in [-0.25, -0.2) is 0 Å². The number of benzene rings is 3. The first-order valence-corrected chi connectivity index (χ1v) is 12.2. The zero-order valence-corrected chi connectivity index (χ0v) is 21.0. The molecule has 0 radical (unpaired) electrons. The number of amides is 3. The molecule has 3 amide bonds. The van der Waals surface area contributed by atoms with Gasteiger partial charge in [0.15, 0.2) is 0 Å². The topological polar surface area (TPSA) is 183 Å². The number of anilines is 1. The molecule has 3 rings (SSSR count). The first-order valence-electron chi connectivity index (χ1n) is 12.2. The number of hydrogen-bond acceptors (Lipinski definition) is 7. The number of rotatable bonds is 13. The van der Waals surface area contributed by atoms with Gasteiger partial charge in [0.05, 0.1) is 24.8 Å². The molecule has 0 fully saturated rings. The largest absolute Gasteiger partial charge is 0.508 e. The monoisotopic (exact) mass is 519 g/mol. The smallest absolute Gasteiger partial charge is 0.255 e. The number of carbonyl (C=O) groups is 3. The van der Waals surface area contributed by atoms with E-state index in [1.54, 1.807) is 48.5 Å². The summed E-state index contributed by atoms with van der Waals surface area (Å²) in [5, 5.41) is 14.7. The van der Waals surface area contributed by atoms with Gasteiger partial charge in [0, 0.05) is 12.2 Å². The number of phenolic OH excluding ortho intramolecular Hbond substituents is 1. The maximum Gasteiger partial charge on any atom is 0.255 e. The van der Waals surface area contributed by atoms with E-state index in [-0.39, 0.29) is 23.8 Å². The van der Waals surface area contributed by atoms with Crippen molar-refractivity contribution in [2.24, 2.45) is 11.5 Å². The molecule has 1 atom stereocenters. The van der Waals surface area contributed by atoms with Crippen LogP contribution in [0.2, 0.25) is 0 Å². The van der Waals surface area contributed by atoms with E-state index in [9.17, 15) is 19.5 Å². The molecule has 10 nitrogen and oxygen atoms in total. The van der Waals surface area contributed by atoms with Gasteiger partial charge < -0.3 is 37.7 Å². The number of hydrogen-bond donors (Lipinski definition) is 6. The zero-order chi connectivity index (χ0) is 27.5. The van der Waals surface area contributed by atoms with Crippen LogP contribution in [-0.4, -0.2) is 48.6 Å². The lowest BCUT2D eigenvalue weighted by atomic mass is 10.0. The Morgan fingerprint density at radius 2 is 1.66 bits per heavy atom. The third kappa shape index (κ3) is 8.52. The molecule has 0 aliphatic heterocycles. The first-order chi connectivity index (χ1) is 18.2. The lowest BCUT2D eigenvalue weighted by molar-refractivity contribution is -0.122. The molecule has 10 heteroatoms. The Labute approximate surface area is 221 Å². The standard InChI is InChI=1S/C28H33N5O5/c29-21-5-3-4-19(15-21)20-8-11-25(23(16-20)27(36)33-17-26(31)35)38-13-2-1-12-32-28(37)24(30)14-18-6-9-22(34)10-7-18/h3-11,15-16,24,34H,1-2,12-14,17,29-30H2,(H2,31,35)(H,32,37)(H,33,36)/t24-/m0/s1. The third-order valence-corrected chi connectivity index (χ3v) is 5.72. The Balaban J connectivity index is 1.52. The zero-order valence-electron chi connectivity index (χ0n) is 21.0. The minimum absolute atomic E-state index is 0.157. The molecule has 0 unspecified atom stereocenters. The Bertz CT molecular complexity index is 1260. The second-order valence-corrected chi connectivity index (χ2v) is 8.81. The maximum absolute atomic E-state index is 12.7. The van der Waals surface area contributed by atoms with Crippen molar-refractivity contribution in [2.45, 2.75) is 25.3 Å². The second kappa shape index (κ2) is 13.7. The summed E-state index contributed by atoms with van der Waals surface area (Å²) in [7, 11) is 0. The van der Waals surface area contributed by atoms with Crippen LogP contribution in [0.3, 0.4) is 0 Å². The van der Waals surface area contributed by atoms with Crippen molar-refractivity contribution in [1.29, 1.82) is 0 Å². The van der Waals surface area contributed by atoms with E-state index in [2.05, 4.69) is 10.6 Å². The Morgan fingerprint density at radius 1 is 0.921 bits per heavy atom. The van der Waals surface area contributed by atoms with Gasteiger partial charge in [-0.05, 0) is 72.4 Å². The average Bonchev–Trinajstić information content (AvgIpc) is 2.90. The summed E-state index contributed by atoms with van der Waals surface area (Å²) in [5.41, 5.74) is 20.3. The lowest BCUT2D eigenvalue weighted by Gasteiger charge is -2.14. The summed E-state index contributed by atoms with van der Waals surface area (Å²) >= 11 is 0. The quantitative estimate of drug-likeness (QED) is 0.147. The summed E-state index contributed by atoms with van der Waals surface area (Å²) < 4.78 is 5.86. The number of nitrogen functional groups attached to an aromatic ring is 1. The summed E-state index contributed by atoms with van der Waals surface area (Å²) in [4.78, 5) is 36.1. The van der Waals surface area contributed by atoms with Gasteiger partial charge in [0.1, 0.15) is 11.5 Å². The number of nitrogens with one attached hydrogen (secondary N) is 2. The van der Waals surface area contributed by atoms with E-state index in [1.807, 2.05) is 18.2 Å². The molecule has 0 saturated carbocycles. The fourth-order valence-electron chi connectivity index (χ4n) is 3.72. The predicted octanol–water partition coefficient (Wildman–Crippen LogP) is 1.70. The lowest BCUT2D eigenvalue weighted by Crippen LogP contribution is -2.42. The molecular weight excluding hydrogens is 486 g/mol. The normalized spacial score (nSPS) is 11.4. The molecule has 38 heavy (non-hydrogen) atoms. The average molecular weight is 520 g/mol. The van der Waals surface area contributed by atoms with E-state index < -0.39 is 17.9 Å². The number of ether oxygens (including phenoxy) is 1. The SMILES string of the molecule is NC(=O)CNC(=O)c1cc(-c2cccc(N)c2)ccc1OCCCCNC(=O)[C@@H](N)Cc1ccc(O)cc1. The molecule has 200 valence electrons. The molecule has 9 N–H and O–H groups in total. The minimum atomic E-state index is -0.698. The molecule has 0 heterocycles. The van der Waals surface area contributed by atoms with Gasteiger partial charge in [0.2, 0.25) is 11.8 Å². The summed E-state index contributed by atoms with van der Waals surface area (Å²) in [6.07, 6.45) is 1.62. The molecular formula is C28H33N5O5. The van der Waals surface area contributed by atoms with Crippen LogP contribution in [0.15, 0.2) is 66.7 Å². The third-order valence-electron chi connectivity index (χ3n) is 5.72. The van der Waals surface area contributed by atoms with Crippen LogP contribution in [0.1, 0.15) is 28.8 Å². The summed E-state index contributed by atoms with van der Waals surface area (Å²) in [6.45, 7) is 0.435. The molecule has 0 bridgehead atoms. The fraction of sp³-hybridized carbons (Fsp3) is 0.250. The van der Waals surface area contributed by atoms with Crippen LogP contribution < -0.4 is 32.6 Å². The maximum atomic E-state index is 12.7. The number of primary amides is 1. The van der Waals surface area contributed by atoms with Crippen LogP contribution in [0, 0.1) is 0 Å². The van der Waals surface area contributed by atoms with Crippen LogP contribution >= 0.6 is 0 Å². The number of nitrogens with two attached hydrogens (primary N) is 3. The van der Waals surface area contributed by atoms with Crippen LogP contribution in [-0.2, 0) is 16.0 Å². The van der Waals surface area contributed by atoms with Crippen molar-refractivity contribution >= 4 is 23.4 Å². The fourth-order valence-corrected chi connectivity index (χ4v) is 3.72. The van der Waals surface area contributed by atoms with Crippen LogP contribution in [0.5, 0.6) is 11.5 Å². The van der Waals surface area contributed by atoms with Gasteiger partial charge in [-0.15, -0.1) is 0 Å². The molecule has 0 aliphatic rings. The highest BCUT2D eigenvalue weighted by Crippen LogP contribution is 2.28. The second-order valence-electron chi connectivity index (χ2n) is 8.81. The van der Waals surface area contributed by atoms with Gasteiger partial charge in [-0.2, -0.15) is 0 Å². The molecule has 0 aromatic heterocycles. The summed E-state index contributed by atoms with van der Waals surface area (Å²) in [6, 6.07) is 18.3. The van der Waals surface area contributed by atoms with Crippen molar-refractivity contribution in [1.82, 2.24) is 10.6 Å². The van der Waals surface area contributed by atoms with Gasteiger partial charge in [-0.3, -0.25) is 14.4 Å². The number of aromatic hydroxyl groups is 1. The first kappa shape index (κ1) is 28.0. The van der Waals surface area contributed by atoms with Crippen molar-refractivity contribution in [3.63, 3.8) is 0 Å². The minimum Gasteiger partial charge on any atom is -0.508 e. The van der Waals surface area contributed by atoms with Crippen LogP contribution in [0.25, 0.3) is 11.1 Å². The van der Waals surface area contributed by atoms with Crippen molar-refractivity contribution in [2.75, 3.05) is 25.4 Å². The molecule has 0 saturated heterocycles. The van der Waals surface area contributed by atoms with E-state index in [4.69, 9.17) is 21.9 Å². The molecule has 0 aliphatic carbocycles. The molecule has 3 aromatic carbocycles. The number of carbonyl (C=O) groups excluding carboxylic acids is 3. The highest BCUT2D eigenvalue weighted by molar-refractivity contribution is 5.99. The summed E-state index contributed by atoms with van der Waals surface area (Å²) in [5.74, 6) is -0.883. The van der Waals surface area contributed by atoms with E-state index in [0.717, 1.165) is 16.7 Å². The van der Waals surface area contributed by atoms with Gasteiger partial charge >= 0.3 is 0 Å². The molecule has 3 aromatic rings. The highest BCUT2D eigenvalue weighted by atomic mass is 16.5. The highest BCUT2D eigenvalue weighted by Gasteiger charge is 2.16. The van der Waals surface area contributed by atoms with E-state index >= 15 is 0 Å². The van der Waals surface area contributed by atoms with E-state index in [1.165, 1.54) is 0 Å². The van der Waals surface area contributed by atoms with Gasteiger partial charge in [-0.1, -0.05) is 30.3 Å². The number of phenols is 1. The van der Waals surface area contributed by atoms with Crippen molar-refractivity contribution in [3.05, 3.63) is 77.9 Å². The Kier molecular flexibility index (Phi) is 10.1. The Hall–Kier alpha value is -4.57. The van der Waals surface area contributed by atoms with Crippen molar-refractivity contribution in [3.8, 4) is 22.6 Å². The van der Waals surface area contributed by atoms with Gasteiger partial charge in [0.25, 0.3) is 5.91 Å². The number of unbranched alkanes of at least 4 members (excludes halogenated alkanes) is 1. The van der Waals surface area contributed by atoms with Crippen molar-refractivity contribution < 1.29 is 24.2 Å². The predicted molar refractivity (Wildman–Crippen MR) is 145 cm³/mol. The Morgan fingerprint density at radius 3 is 2.37 bits per heavy atom.